The number of nitrogens with zero attached hydrogens (tertiary/aromatic N) is 2. The third kappa shape index (κ3) is 3.65. The summed E-state index contributed by atoms with van der Waals surface area (Å²) in [6.45, 7) is 7.52. The molecule has 7 nitrogen and oxygen atoms in total. The standard InChI is InChI=1S/C18H20BFN2O5/c1-17(2)18(3,4)27-19(26-17)13-5-8-16(23)21(11-13)10-12-9-14(20)6-7-15(12)22(24)25/h5-9,11H,10H2,1-4H3. The quantitative estimate of drug-likeness (QED) is 0.466. The van der Waals surface area contributed by atoms with Crippen LogP contribution in [0.1, 0.15) is 33.3 Å². The number of hydrogen-bond acceptors (Lipinski definition) is 5. The second-order valence-electron chi connectivity index (χ2n) is 7.55. The van der Waals surface area contributed by atoms with Gasteiger partial charge in [0.2, 0.25) is 0 Å². The minimum absolute atomic E-state index is 0.105. The largest absolute Gasteiger partial charge is 0.496 e. The molecule has 0 N–H and O–H groups in total. The van der Waals surface area contributed by atoms with E-state index < -0.39 is 29.1 Å². The van der Waals surface area contributed by atoms with Crippen molar-refractivity contribution < 1.29 is 18.6 Å². The highest BCUT2D eigenvalue weighted by Crippen LogP contribution is 2.36. The van der Waals surface area contributed by atoms with Crippen molar-refractivity contribution >= 4 is 18.3 Å². The van der Waals surface area contributed by atoms with Crippen molar-refractivity contribution in [1.29, 1.82) is 0 Å². The van der Waals surface area contributed by atoms with Crippen LogP contribution in [0.25, 0.3) is 0 Å². The summed E-state index contributed by atoms with van der Waals surface area (Å²) in [6.07, 6.45) is 1.53. The van der Waals surface area contributed by atoms with E-state index in [0.29, 0.717) is 5.46 Å². The molecule has 27 heavy (non-hydrogen) atoms. The highest BCUT2D eigenvalue weighted by molar-refractivity contribution is 6.62. The molecule has 1 aliphatic rings. The summed E-state index contributed by atoms with van der Waals surface area (Å²) < 4.78 is 26.8. The van der Waals surface area contributed by atoms with Gasteiger partial charge in [0.1, 0.15) is 5.82 Å². The number of aromatic nitrogens is 1. The van der Waals surface area contributed by atoms with Crippen LogP contribution in [0, 0.1) is 15.9 Å². The molecular weight excluding hydrogens is 354 g/mol. The van der Waals surface area contributed by atoms with E-state index in [0.717, 1.165) is 18.2 Å². The molecule has 1 aliphatic heterocycles. The molecule has 2 aromatic rings. The molecule has 0 spiro atoms. The predicted octanol–water partition coefficient (Wildman–Crippen LogP) is 2.24. The van der Waals surface area contributed by atoms with Crippen molar-refractivity contribution in [3.8, 4) is 0 Å². The van der Waals surface area contributed by atoms with Crippen LogP contribution in [0.15, 0.2) is 41.3 Å². The monoisotopic (exact) mass is 374 g/mol. The maximum absolute atomic E-state index is 13.6. The summed E-state index contributed by atoms with van der Waals surface area (Å²) in [5.41, 5.74) is -0.987. The van der Waals surface area contributed by atoms with Gasteiger partial charge in [-0.15, -0.1) is 0 Å². The molecular formula is C18H20BFN2O5. The van der Waals surface area contributed by atoms with Gasteiger partial charge in [0.05, 0.1) is 28.2 Å². The fourth-order valence-corrected chi connectivity index (χ4v) is 2.83. The summed E-state index contributed by atoms with van der Waals surface area (Å²) in [4.78, 5) is 22.8. The highest BCUT2D eigenvalue weighted by Gasteiger charge is 2.51. The van der Waals surface area contributed by atoms with E-state index in [4.69, 9.17) is 9.31 Å². The molecule has 0 atom stereocenters. The molecule has 0 radical (unpaired) electrons. The van der Waals surface area contributed by atoms with Gasteiger partial charge in [0.25, 0.3) is 11.2 Å². The lowest BCUT2D eigenvalue weighted by Gasteiger charge is -2.32. The van der Waals surface area contributed by atoms with Gasteiger partial charge < -0.3 is 13.9 Å². The van der Waals surface area contributed by atoms with E-state index in [1.807, 2.05) is 27.7 Å². The molecule has 0 saturated carbocycles. The summed E-state index contributed by atoms with van der Waals surface area (Å²) >= 11 is 0. The number of halogens is 1. The average molecular weight is 374 g/mol. The Bertz CT molecular complexity index is 941. The molecule has 1 aromatic carbocycles. The first-order chi connectivity index (χ1) is 12.5. The maximum atomic E-state index is 13.6. The Labute approximate surface area is 156 Å². The fourth-order valence-electron chi connectivity index (χ4n) is 2.83. The normalized spacial score (nSPS) is 17.9. The van der Waals surface area contributed by atoms with Gasteiger partial charge in [-0.3, -0.25) is 14.9 Å². The van der Waals surface area contributed by atoms with E-state index in [2.05, 4.69) is 0 Å². The lowest BCUT2D eigenvalue weighted by molar-refractivity contribution is -0.385. The first-order valence-corrected chi connectivity index (χ1v) is 8.49. The minimum Gasteiger partial charge on any atom is -0.399 e. The maximum Gasteiger partial charge on any atom is 0.496 e. The molecule has 142 valence electrons. The van der Waals surface area contributed by atoms with Gasteiger partial charge in [0, 0.05) is 18.3 Å². The summed E-state index contributed by atoms with van der Waals surface area (Å²) in [6, 6.07) is 6.11. The van der Waals surface area contributed by atoms with Crippen LogP contribution in [-0.4, -0.2) is 27.8 Å². The van der Waals surface area contributed by atoms with Crippen LogP contribution in [0.2, 0.25) is 0 Å². The van der Waals surface area contributed by atoms with Gasteiger partial charge in [-0.25, -0.2) is 4.39 Å². The van der Waals surface area contributed by atoms with E-state index >= 15 is 0 Å². The Kier molecular flexibility index (Phi) is 4.69. The van der Waals surface area contributed by atoms with Crippen LogP contribution in [-0.2, 0) is 15.9 Å². The van der Waals surface area contributed by atoms with Crippen molar-refractivity contribution in [2.75, 3.05) is 0 Å². The molecule has 0 amide bonds. The lowest BCUT2D eigenvalue weighted by atomic mass is 9.80. The Balaban J connectivity index is 1.96. The molecule has 9 heteroatoms. The van der Waals surface area contributed by atoms with E-state index in [1.54, 1.807) is 6.07 Å². The van der Waals surface area contributed by atoms with Gasteiger partial charge in [0.15, 0.2) is 0 Å². The molecule has 0 aliphatic carbocycles. The van der Waals surface area contributed by atoms with Gasteiger partial charge in [-0.1, -0.05) is 6.07 Å². The third-order valence-electron chi connectivity index (χ3n) is 5.11. The van der Waals surface area contributed by atoms with E-state index in [-0.39, 0.29) is 23.4 Å². The Hall–Kier alpha value is -2.52. The number of nitro benzene ring substituents is 1. The number of pyridine rings is 1. The van der Waals surface area contributed by atoms with Crippen LogP contribution in [0.4, 0.5) is 10.1 Å². The zero-order valence-corrected chi connectivity index (χ0v) is 15.6. The predicted molar refractivity (Wildman–Crippen MR) is 98.6 cm³/mol. The molecule has 1 saturated heterocycles. The van der Waals surface area contributed by atoms with Crippen LogP contribution < -0.4 is 11.0 Å². The third-order valence-corrected chi connectivity index (χ3v) is 5.11. The van der Waals surface area contributed by atoms with E-state index in [9.17, 15) is 19.3 Å². The Morgan fingerprint density at radius 1 is 1.15 bits per heavy atom. The fraction of sp³-hybridized carbons (Fsp3) is 0.389. The van der Waals surface area contributed by atoms with Crippen molar-refractivity contribution in [2.24, 2.45) is 0 Å². The zero-order valence-electron chi connectivity index (χ0n) is 15.6. The van der Waals surface area contributed by atoms with Crippen molar-refractivity contribution in [1.82, 2.24) is 4.57 Å². The van der Waals surface area contributed by atoms with Gasteiger partial charge >= 0.3 is 7.12 Å². The smallest absolute Gasteiger partial charge is 0.399 e. The van der Waals surface area contributed by atoms with Crippen molar-refractivity contribution in [3.63, 3.8) is 0 Å². The first-order valence-electron chi connectivity index (χ1n) is 8.49. The molecule has 0 unspecified atom stereocenters. The molecule has 3 rings (SSSR count). The zero-order chi connectivity index (χ0) is 20.0. The highest BCUT2D eigenvalue weighted by atomic mass is 19.1. The number of rotatable bonds is 4. The summed E-state index contributed by atoms with van der Waals surface area (Å²) in [5.74, 6) is -0.606. The molecule has 1 aromatic heterocycles. The Morgan fingerprint density at radius 2 is 1.78 bits per heavy atom. The summed E-state index contributed by atoms with van der Waals surface area (Å²) in [7, 11) is -0.677. The van der Waals surface area contributed by atoms with E-state index in [1.165, 1.54) is 16.8 Å². The van der Waals surface area contributed by atoms with Crippen LogP contribution >= 0.6 is 0 Å². The Morgan fingerprint density at radius 3 is 2.37 bits per heavy atom. The van der Waals surface area contributed by atoms with Crippen LogP contribution in [0.5, 0.6) is 0 Å². The SMILES string of the molecule is CC1(C)OB(c2ccc(=O)n(Cc3cc(F)ccc3[N+](=O)[O-])c2)OC1(C)C. The molecule has 2 heterocycles. The topological polar surface area (TPSA) is 83.6 Å². The lowest BCUT2D eigenvalue weighted by Crippen LogP contribution is -2.41. The molecule has 0 bridgehead atoms. The van der Waals surface area contributed by atoms with Gasteiger partial charge in [-0.2, -0.15) is 0 Å². The number of benzene rings is 1. The van der Waals surface area contributed by atoms with Gasteiger partial charge in [-0.05, 0) is 45.3 Å². The second kappa shape index (κ2) is 6.58. The number of hydrogen-bond donors (Lipinski definition) is 0. The van der Waals surface area contributed by atoms with Crippen molar-refractivity contribution in [2.45, 2.75) is 45.4 Å². The molecule has 1 fully saturated rings. The summed E-state index contributed by atoms with van der Waals surface area (Å²) in [5, 5.41) is 11.2. The second-order valence-corrected chi connectivity index (χ2v) is 7.55. The minimum atomic E-state index is -0.677. The average Bonchev–Trinajstić information content (AvgIpc) is 2.77. The van der Waals surface area contributed by atoms with Crippen molar-refractivity contribution in [3.05, 3.63) is 68.4 Å². The first kappa shape index (κ1) is 19.3. The number of nitro groups is 1. The van der Waals surface area contributed by atoms with Crippen LogP contribution in [0.3, 0.4) is 0 Å².